The average Bonchev–Trinajstić information content (AvgIpc) is 2.26. The lowest BCUT2D eigenvalue weighted by Gasteiger charge is -2.08. The van der Waals surface area contributed by atoms with E-state index in [1.54, 1.807) is 0 Å². The molecule has 1 N–H and O–H groups in total. The molecule has 0 saturated carbocycles. The Balaban J connectivity index is 2.75. The maximum absolute atomic E-state index is 5.33. The number of rotatable bonds is 4. The summed E-state index contributed by atoms with van der Waals surface area (Å²) in [5.41, 5.74) is 0.918. The van der Waals surface area contributed by atoms with Gasteiger partial charge in [-0.2, -0.15) is 0 Å². The van der Waals surface area contributed by atoms with Crippen molar-refractivity contribution >= 4 is 16.5 Å². The van der Waals surface area contributed by atoms with Crippen LogP contribution in [0.4, 0.5) is 0 Å². The molecule has 0 saturated heterocycles. The predicted molar refractivity (Wildman–Crippen MR) is 65.6 cm³/mol. The molecule has 0 aliphatic heterocycles. The highest BCUT2D eigenvalue weighted by Gasteiger charge is 1.96. The molecule has 0 radical (unpaired) electrons. The summed E-state index contributed by atoms with van der Waals surface area (Å²) in [4.78, 5) is 1.17. The molecule has 2 heteroatoms. The summed E-state index contributed by atoms with van der Waals surface area (Å²) in [5, 5.41) is 0. The second kappa shape index (κ2) is 5.64. The molecule has 0 aliphatic rings. The summed E-state index contributed by atoms with van der Waals surface area (Å²) < 4.78 is 3.35. The molecule has 74 valence electrons. The molecule has 0 spiro atoms. The predicted octanol–water partition coefficient (Wildman–Crippen LogP) is 2.64. The molecule has 1 unspecified atom stereocenters. The van der Waals surface area contributed by atoms with Crippen LogP contribution in [-0.4, -0.2) is 12.4 Å². The number of terminal acetylenes is 1. The lowest BCUT2D eigenvalue weighted by molar-refractivity contribution is 0.876. The van der Waals surface area contributed by atoms with E-state index < -0.39 is 0 Å². The van der Waals surface area contributed by atoms with Gasteiger partial charge in [0.15, 0.2) is 0 Å². The van der Waals surface area contributed by atoms with Crippen molar-refractivity contribution in [2.24, 2.45) is 0 Å². The van der Waals surface area contributed by atoms with E-state index in [9.17, 15) is 0 Å². The fourth-order valence-electron chi connectivity index (χ4n) is 1.05. The second-order valence-corrected chi connectivity index (χ2v) is 4.50. The van der Waals surface area contributed by atoms with Gasteiger partial charge in [0.25, 0.3) is 0 Å². The van der Waals surface area contributed by atoms with Gasteiger partial charge in [0.1, 0.15) is 0 Å². The Morgan fingerprint density at radius 2 is 2.36 bits per heavy atom. The molecule has 0 aromatic heterocycles. The molecule has 1 rings (SSSR count). The van der Waals surface area contributed by atoms with Gasteiger partial charge in [-0.15, -0.1) is 6.42 Å². The molecule has 1 aromatic carbocycles. The maximum atomic E-state index is 5.33. The minimum absolute atomic E-state index is 0.141. The van der Waals surface area contributed by atoms with Crippen LogP contribution in [0.25, 0.3) is 0 Å². The van der Waals surface area contributed by atoms with Crippen molar-refractivity contribution in [3.05, 3.63) is 29.8 Å². The molecule has 1 atom stereocenters. The highest BCUT2D eigenvalue weighted by Crippen LogP contribution is 2.20. The van der Waals surface area contributed by atoms with Crippen molar-refractivity contribution in [3.8, 4) is 12.3 Å². The van der Waals surface area contributed by atoms with Gasteiger partial charge in [-0.3, -0.25) is 4.72 Å². The third-order valence-electron chi connectivity index (χ3n) is 1.81. The molecule has 0 heterocycles. The highest BCUT2D eigenvalue weighted by molar-refractivity contribution is 8.12. The lowest BCUT2D eigenvalue weighted by Crippen LogP contribution is -2.06. The Kier molecular flexibility index (Phi) is 4.45. The van der Waals surface area contributed by atoms with Crippen molar-refractivity contribution in [1.29, 1.82) is 0 Å². The summed E-state index contributed by atoms with van der Waals surface area (Å²) in [5.74, 6) is 6.70. The Bertz CT molecular complexity index is 363. The van der Waals surface area contributed by atoms with Crippen LogP contribution in [0.1, 0.15) is 18.9 Å². The van der Waals surface area contributed by atoms with E-state index >= 15 is 0 Å². The summed E-state index contributed by atoms with van der Waals surface area (Å²) in [6, 6.07) is 7.97. The third kappa shape index (κ3) is 3.02. The second-order valence-electron chi connectivity index (χ2n) is 2.96. The molecule has 1 nitrogen and oxygen atoms in total. The fourth-order valence-corrected chi connectivity index (χ4v) is 2.18. The van der Waals surface area contributed by atoms with Crippen LogP contribution < -0.4 is 4.72 Å². The SMILES string of the molecule is C#Cc1cccc(S(=C)NCCC)c1. The molecule has 14 heavy (non-hydrogen) atoms. The summed E-state index contributed by atoms with van der Waals surface area (Å²) in [6.45, 7) is 3.13. The van der Waals surface area contributed by atoms with Gasteiger partial charge in [0.2, 0.25) is 0 Å². The summed E-state index contributed by atoms with van der Waals surface area (Å²) >= 11 is 0. The first-order valence-corrected chi connectivity index (χ1v) is 6.01. The largest absolute Gasteiger partial charge is 0.266 e. The maximum Gasteiger partial charge on any atom is 0.0254 e. The van der Waals surface area contributed by atoms with Crippen molar-refractivity contribution in [3.63, 3.8) is 0 Å². The van der Waals surface area contributed by atoms with Gasteiger partial charge in [-0.1, -0.05) is 35.5 Å². The van der Waals surface area contributed by atoms with Crippen LogP contribution >= 0.6 is 10.7 Å². The molecular formula is C12H15NS. The lowest BCUT2D eigenvalue weighted by atomic mass is 10.2. The van der Waals surface area contributed by atoms with Gasteiger partial charge in [0, 0.05) is 17.0 Å². The third-order valence-corrected chi connectivity index (χ3v) is 3.19. The van der Waals surface area contributed by atoms with Crippen LogP contribution in [0.3, 0.4) is 0 Å². The molecular weight excluding hydrogens is 190 g/mol. The van der Waals surface area contributed by atoms with Crippen molar-refractivity contribution in [2.45, 2.75) is 18.2 Å². The molecule has 0 fully saturated rings. The van der Waals surface area contributed by atoms with E-state index in [0.717, 1.165) is 18.5 Å². The monoisotopic (exact) mass is 205 g/mol. The molecule has 1 aromatic rings. The van der Waals surface area contributed by atoms with E-state index in [1.165, 1.54) is 4.90 Å². The van der Waals surface area contributed by atoms with Crippen molar-refractivity contribution in [1.82, 2.24) is 4.72 Å². The van der Waals surface area contributed by atoms with Crippen molar-refractivity contribution < 1.29 is 0 Å². The van der Waals surface area contributed by atoms with Gasteiger partial charge in [-0.05, 0) is 24.6 Å². The normalized spacial score (nSPS) is 12.0. The molecule has 0 aliphatic carbocycles. The minimum Gasteiger partial charge on any atom is -0.266 e. The van der Waals surface area contributed by atoms with E-state index in [2.05, 4.69) is 29.5 Å². The van der Waals surface area contributed by atoms with E-state index in [4.69, 9.17) is 6.42 Å². The summed E-state index contributed by atoms with van der Waals surface area (Å²) in [7, 11) is -0.141. The number of hydrogen-bond donors (Lipinski definition) is 1. The fraction of sp³-hybridized carbons (Fsp3) is 0.250. The van der Waals surface area contributed by atoms with Crippen LogP contribution in [0.2, 0.25) is 0 Å². The van der Waals surface area contributed by atoms with E-state index in [0.29, 0.717) is 0 Å². The Hall–Kier alpha value is -1.04. The topological polar surface area (TPSA) is 12.0 Å². The van der Waals surface area contributed by atoms with E-state index in [1.807, 2.05) is 18.2 Å². The highest BCUT2D eigenvalue weighted by atomic mass is 32.2. The van der Waals surface area contributed by atoms with Gasteiger partial charge in [-0.25, -0.2) is 0 Å². The van der Waals surface area contributed by atoms with Gasteiger partial charge < -0.3 is 0 Å². The smallest absolute Gasteiger partial charge is 0.0254 e. The Labute approximate surface area is 88.6 Å². The van der Waals surface area contributed by atoms with E-state index in [-0.39, 0.29) is 10.7 Å². The number of benzene rings is 1. The number of hydrogen-bond acceptors (Lipinski definition) is 1. The first-order chi connectivity index (χ1) is 6.77. The zero-order valence-electron chi connectivity index (χ0n) is 8.42. The number of nitrogens with one attached hydrogen (secondary N) is 1. The van der Waals surface area contributed by atoms with Crippen LogP contribution in [0, 0.1) is 12.3 Å². The minimum atomic E-state index is -0.141. The summed E-state index contributed by atoms with van der Waals surface area (Å²) in [6.07, 6.45) is 6.45. The van der Waals surface area contributed by atoms with Crippen LogP contribution in [0.15, 0.2) is 29.2 Å². The van der Waals surface area contributed by atoms with Crippen LogP contribution in [-0.2, 0) is 0 Å². The van der Waals surface area contributed by atoms with Gasteiger partial charge in [0.05, 0.1) is 0 Å². The Morgan fingerprint density at radius 1 is 1.57 bits per heavy atom. The molecule has 0 amide bonds. The molecule has 0 bridgehead atoms. The quantitative estimate of drug-likeness (QED) is 0.588. The van der Waals surface area contributed by atoms with Crippen LogP contribution in [0.5, 0.6) is 0 Å². The zero-order chi connectivity index (χ0) is 10.4. The first kappa shape index (κ1) is 11.0. The Morgan fingerprint density at radius 3 is 3.00 bits per heavy atom. The zero-order valence-corrected chi connectivity index (χ0v) is 9.23. The van der Waals surface area contributed by atoms with Crippen molar-refractivity contribution in [2.75, 3.05) is 6.54 Å². The first-order valence-electron chi connectivity index (χ1n) is 4.62. The van der Waals surface area contributed by atoms with Gasteiger partial charge >= 0.3 is 0 Å². The average molecular weight is 205 g/mol. The standard InChI is InChI=1S/C12H15NS/c1-4-9-13-14(3)12-8-6-7-11(5-2)10-12/h2,6-8,10,13H,3-4,9H2,1H3.